The monoisotopic (exact) mass is 285 g/mol. The predicted octanol–water partition coefficient (Wildman–Crippen LogP) is 2.55. The minimum Gasteiger partial charge on any atom is -0.443 e. The number of nitrogens with one attached hydrogen (secondary N) is 3. The molecule has 3 N–H and O–H groups in total. The number of hydrogen-bond donors (Lipinski definition) is 3. The molecule has 0 aliphatic heterocycles. The highest BCUT2D eigenvalue weighted by Crippen LogP contribution is 2.11. The Morgan fingerprint density at radius 2 is 1.89 bits per heavy atom. The van der Waals surface area contributed by atoms with Crippen molar-refractivity contribution >= 4 is 29.1 Å². The van der Waals surface area contributed by atoms with Crippen LogP contribution in [0.3, 0.4) is 0 Å². The van der Waals surface area contributed by atoms with Crippen LogP contribution in [-0.2, 0) is 4.74 Å². The highest BCUT2D eigenvalue weighted by Gasteiger charge is 2.16. The minimum absolute atomic E-state index is 0.0518. The van der Waals surface area contributed by atoms with Crippen LogP contribution in [0.15, 0.2) is 24.3 Å². The summed E-state index contributed by atoms with van der Waals surface area (Å²) in [6.07, 6.45) is -0.676. The Balaban J connectivity index is 2.41. The van der Waals surface area contributed by atoms with Crippen molar-refractivity contribution < 1.29 is 13.9 Å². The number of para-hydroxylation sites is 1. The Kier molecular flexibility index (Phi) is 5.05. The minimum atomic E-state index is -0.676. The molecule has 0 atom stereocenters. The SMILES string of the molecule is CC(C)(C)OC(=O)NNC(=S)Nc1ccccc1F. The van der Waals surface area contributed by atoms with Gasteiger partial charge in [0, 0.05) is 0 Å². The van der Waals surface area contributed by atoms with E-state index in [1.807, 2.05) is 0 Å². The van der Waals surface area contributed by atoms with Crippen molar-refractivity contribution in [1.82, 2.24) is 10.9 Å². The first-order valence-corrected chi connectivity index (χ1v) is 5.99. The van der Waals surface area contributed by atoms with Gasteiger partial charge in [-0.05, 0) is 45.1 Å². The predicted molar refractivity (Wildman–Crippen MR) is 75.1 cm³/mol. The summed E-state index contributed by atoms with van der Waals surface area (Å²) in [6, 6.07) is 6.05. The fraction of sp³-hybridized carbons (Fsp3) is 0.333. The lowest BCUT2D eigenvalue weighted by molar-refractivity contribution is 0.0513. The molecule has 0 radical (unpaired) electrons. The van der Waals surface area contributed by atoms with E-state index in [2.05, 4.69) is 16.2 Å². The lowest BCUT2D eigenvalue weighted by Gasteiger charge is -2.20. The van der Waals surface area contributed by atoms with Gasteiger partial charge in [0.15, 0.2) is 5.11 Å². The lowest BCUT2D eigenvalue weighted by Crippen LogP contribution is -2.46. The summed E-state index contributed by atoms with van der Waals surface area (Å²) in [5.74, 6) is -0.441. The number of ether oxygens (including phenoxy) is 1. The smallest absolute Gasteiger partial charge is 0.426 e. The standard InChI is InChI=1S/C12H16FN3O2S/c1-12(2,3)18-11(17)16-15-10(19)14-9-7-5-4-6-8(9)13/h4-7H,1-3H3,(H,16,17)(H2,14,15,19). The summed E-state index contributed by atoms with van der Waals surface area (Å²) in [7, 11) is 0. The van der Waals surface area contributed by atoms with Crippen LogP contribution in [-0.4, -0.2) is 16.8 Å². The molecular formula is C12H16FN3O2S. The molecule has 0 aromatic heterocycles. The third-order valence-corrected chi connectivity index (χ3v) is 2.00. The number of amides is 1. The van der Waals surface area contributed by atoms with E-state index in [0.29, 0.717) is 0 Å². The van der Waals surface area contributed by atoms with E-state index in [1.165, 1.54) is 12.1 Å². The molecule has 0 fully saturated rings. The molecule has 1 amide bonds. The molecule has 0 spiro atoms. The van der Waals surface area contributed by atoms with Crippen LogP contribution in [0.5, 0.6) is 0 Å². The van der Waals surface area contributed by atoms with Gasteiger partial charge in [0.2, 0.25) is 0 Å². The van der Waals surface area contributed by atoms with Gasteiger partial charge in [0.25, 0.3) is 0 Å². The van der Waals surface area contributed by atoms with Crippen LogP contribution in [0.1, 0.15) is 20.8 Å². The normalized spacial score (nSPS) is 10.5. The van der Waals surface area contributed by atoms with Crippen molar-refractivity contribution in [2.45, 2.75) is 26.4 Å². The number of hydrazine groups is 1. The second-order valence-electron chi connectivity index (χ2n) is 4.69. The molecule has 1 aromatic carbocycles. The van der Waals surface area contributed by atoms with E-state index in [4.69, 9.17) is 17.0 Å². The highest BCUT2D eigenvalue weighted by molar-refractivity contribution is 7.80. The first kappa shape index (κ1) is 15.2. The molecular weight excluding hydrogens is 269 g/mol. The molecule has 1 rings (SSSR count). The van der Waals surface area contributed by atoms with Crippen LogP contribution in [0.2, 0.25) is 0 Å². The van der Waals surface area contributed by atoms with Crippen molar-refractivity contribution in [3.63, 3.8) is 0 Å². The maximum atomic E-state index is 13.3. The Labute approximate surface area is 116 Å². The molecule has 0 saturated heterocycles. The highest BCUT2D eigenvalue weighted by atomic mass is 32.1. The molecule has 7 heteroatoms. The van der Waals surface area contributed by atoms with Gasteiger partial charge >= 0.3 is 6.09 Å². The van der Waals surface area contributed by atoms with Gasteiger partial charge in [-0.1, -0.05) is 12.1 Å². The Morgan fingerprint density at radius 1 is 1.26 bits per heavy atom. The zero-order valence-electron chi connectivity index (χ0n) is 10.9. The van der Waals surface area contributed by atoms with Crippen molar-refractivity contribution in [3.8, 4) is 0 Å². The quantitative estimate of drug-likeness (QED) is 0.547. The van der Waals surface area contributed by atoms with Crippen LogP contribution in [0, 0.1) is 5.82 Å². The number of anilines is 1. The van der Waals surface area contributed by atoms with Gasteiger partial charge in [0.1, 0.15) is 11.4 Å². The summed E-state index contributed by atoms with van der Waals surface area (Å²) < 4.78 is 18.3. The number of benzene rings is 1. The number of rotatable bonds is 1. The van der Waals surface area contributed by atoms with E-state index < -0.39 is 17.5 Å². The number of carbonyl (C=O) groups is 1. The summed E-state index contributed by atoms with van der Waals surface area (Å²) in [5.41, 5.74) is 4.26. The van der Waals surface area contributed by atoms with E-state index in [-0.39, 0.29) is 10.8 Å². The fourth-order valence-electron chi connectivity index (χ4n) is 1.13. The third-order valence-electron chi connectivity index (χ3n) is 1.80. The van der Waals surface area contributed by atoms with Crippen LogP contribution in [0.25, 0.3) is 0 Å². The average Bonchev–Trinajstić information content (AvgIpc) is 2.27. The van der Waals surface area contributed by atoms with Crippen molar-refractivity contribution in [3.05, 3.63) is 30.1 Å². The van der Waals surface area contributed by atoms with Gasteiger partial charge < -0.3 is 10.1 Å². The maximum Gasteiger partial charge on any atom is 0.426 e. The maximum absolute atomic E-state index is 13.3. The Bertz CT molecular complexity index is 474. The first-order chi connectivity index (χ1) is 8.78. The van der Waals surface area contributed by atoms with E-state index in [1.54, 1.807) is 32.9 Å². The van der Waals surface area contributed by atoms with Gasteiger partial charge in [-0.25, -0.2) is 14.6 Å². The zero-order chi connectivity index (χ0) is 14.5. The molecule has 0 aliphatic rings. The first-order valence-electron chi connectivity index (χ1n) is 5.58. The number of carbonyl (C=O) groups excluding carboxylic acids is 1. The molecule has 0 aliphatic carbocycles. The average molecular weight is 285 g/mol. The number of halogens is 1. The van der Waals surface area contributed by atoms with E-state index >= 15 is 0 Å². The van der Waals surface area contributed by atoms with Gasteiger partial charge in [0.05, 0.1) is 5.69 Å². The van der Waals surface area contributed by atoms with Gasteiger partial charge in [-0.3, -0.25) is 5.43 Å². The lowest BCUT2D eigenvalue weighted by atomic mass is 10.2. The summed E-state index contributed by atoms with van der Waals surface area (Å²) in [4.78, 5) is 11.3. The molecule has 104 valence electrons. The molecule has 19 heavy (non-hydrogen) atoms. The van der Waals surface area contributed by atoms with Crippen molar-refractivity contribution in [1.29, 1.82) is 0 Å². The molecule has 0 bridgehead atoms. The number of thiocarbonyl (C=S) groups is 1. The van der Waals surface area contributed by atoms with Crippen molar-refractivity contribution in [2.24, 2.45) is 0 Å². The van der Waals surface area contributed by atoms with Crippen LogP contribution in [0.4, 0.5) is 14.9 Å². The molecule has 5 nitrogen and oxygen atoms in total. The number of hydrogen-bond acceptors (Lipinski definition) is 3. The van der Waals surface area contributed by atoms with Gasteiger partial charge in [-0.2, -0.15) is 0 Å². The molecule has 1 aromatic rings. The zero-order valence-corrected chi connectivity index (χ0v) is 11.7. The molecule has 0 heterocycles. The summed E-state index contributed by atoms with van der Waals surface area (Å²) in [5, 5.41) is 2.66. The van der Waals surface area contributed by atoms with Crippen LogP contribution < -0.4 is 16.2 Å². The molecule has 0 saturated carbocycles. The Hall–Kier alpha value is -1.89. The summed E-state index contributed by atoms with van der Waals surface area (Å²) >= 11 is 4.90. The Morgan fingerprint density at radius 3 is 2.47 bits per heavy atom. The topological polar surface area (TPSA) is 62.4 Å². The molecule has 0 unspecified atom stereocenters. The second-order valence-corrected chi connectivity index (χ2v) is 5.09. The largest absolute Gasteiger partial charge is 0.443 e. The second kappa shape index (κ2) is 6.33. The third kappa shape index (κ3) is 6.01. The van der Waals surface area contributed by atoms with E-state index in [9.17, 15) is 9.18 Å². The summed E-state index contributed by atoms with van der Waals surface area (Å²) in [6.45, 7) is 5.22. The van der Waals surface area contributed by atoms with Crippen LogP contribution >= 0.6 is 12.2 Å². The van der Waals surface area contributed by atoms with E-state index in [0.717, 1.165) is 0 Å². The fourth-order valence-corrected chi connectivity index (χ4v) is 1.29. The van der Waals surface area contributed by atoms with Crippen molar-refractivity contribution in [2.75, 3.05) is 5.32 Å². The van der Waals surface area contributed by atoms with Gasteiger partial charge in [-0.15, -0.1) is 0 Å².